The number of carbonyl (C=O) groups excluding carboxylic acids is 1. The Bertz CT molecular complexity index is 535. The number of anilines is 1. The highest BCUT2D eigenvalue weighted by molar-refractivity contribution is 5.90. The number of nitrogens with one attached hydrogen (secondary N) is 1. The summed E-state index contributed by atoms with van der Waals surface area (Å²) in [6, 6.07) is 5.76. The lowest BCUT2D eigenvalue weighted by atomic mass is 9.97. The van der Waals surface area contributed by atoms with E-state index >= 15 is 0 Å². The Hall–Kier alpha value is -1.62. The molecule has 0 saturated carbocycles. The minimum absolute atomic E-state index is 0.265. The van der Waals surface area contributed by atoms with E-state index in [0.29, 0.717) is 23.3 Å². The molecule has 2 unspecified atom stereocenters. The third-order valence-electron chi connectivity index (χ3n) is 4.85. The van der Waals surface area contributed by atoms with Crippen molar-refractivity contribution in [3.05, 3.63) is 29.6 Å². The largest absolute Gasteiger partial charge is 0.465 e. The van der Waals surface area contributed by atoms with Gasteiger partial charge in [0.1, 0.15) is 5.82 Å². The predicted octanol–water partition coefficient (Wildman–Crippen LogP) is 2.65. The van der Waals surface area contributed by atoms with Crippen molar-refractivity contribution in [2.24, 2.45) is 0 Å². The summed E-state index contributed by atoms with van der Waals surface area (Å²) in [5, 5.41) is 3.28. The van der Waals surface area contributed by atoms with Gasteiger partial charge in [-0.3, -0.25) is 0 Å². The van der Waals surface area contributed by atoms with Crippen LogP contribution in [0, 0.1) is 5.82 Å². The summed E-state index contributed by atoms with van der Waals surface area (Å²) in [7, 11) is 3.50. The molecule has 0 spiro atoms. The summed E-state index contributed by atoms with van der Waals surface area (Å²) in [5.74, 6) is -0.768. The molecule has 0 aliphatic carbocycles. The molecule has 21 heavy (non-hydrogen) atoms. The van der Waals surface area contributed by atoms with Gasteiger partial charge in [0.15, 0.2) is 0 Å². The third kappa shape index (κ3) is 2.75. The fraction of sp³-hybridized carbons (Fsp3) is 0.562. The zero-order valence-corrected chi connectivity index (χ0v) is 12.4. The molecule has 2 aliphatic heterocycles. The SMILES string of the molecule is COC(=O)c1ccc(F)c(NC2CC3CCC(C2)N3C)c1. The molecule has 1 N–H and O–H groups in total. The molecule has 0 aromatic heterocycles. The summed E-state index contributed by atoms with van der Waals surface area (Å²) in [6.07, 6.45) is 4.50. The number of carbonyl (C=O) groups is 1. The van der Waals surface area contributed by atoms with Crippen LogP contribution in [0.15, 0.2) is 18.2 Å². The molecular formula is C16H21FN2O2. The van der Waals surface area contributed by atoms with E-state index in [0.717, 1.165) is 12.8 Å². The van der Waals surface area contributed by atoms with Crippen molar-refractivity contribution in [2.75, 3.05) is 19.5 Å². The number of halogens is 1. The number of piperidine rings is 1. The first-order chi connectivity index (χ1) is 10.1. The Morgan fingerprint density at radius 3 is 2.62 bits per heavy atom. The Balaban J connectivity index is 1.74. The normalized spacial score (nSPS) is 28.4. The summed E-state index contributed by atoms with van der Waals surface area (Å²) < 4.78 is 18.6. The Morgan fingerprint density at radius 2 is 2.00 bits per heavy atom. The van der Waals surface area contributed by atoms with E-state index < -0.39 is 5.97 Å². The van der Waals surface area contributed by atoms with Gasteiger partial charge < -0.3 is 15.0 Å². The molecule has 1 aromatic carbocycles. The smallest absolute Gasteiger partial charge is 0.337 e. The van der Waals surface area contributed by atoms with Crippen LogP contribution < -0.4 is 5.32 Å². The molecule has 2 fully saturated rings. The Morgan fingerprint density at radius 1 is 1.33 bits per heavy atom. The van der Waals surface area contributed by atoms with Crippen LogP contribution in [0.4, 0.5) is 10.1 Å². The van der Waals surface area contributed by atoms with Crippen LogP contribution in [0.1, 0.15) is 36.0 Å². The van der Waals surface area contributed by atoms with Crippen molar-refractivity contribution in [3.8, 4) is 0 Å². The lowest BCUT2D eigenvalue weighted by molar-refractivity contribution is 0.0600. The lowest BCUT2D eigenvalue weighted by Crippen LogP contribution is -2.44. The van der Waals surface area contributed by atoms with E-state index in [2.05, 4.69) is 22.0 Å². The van der Waals surface area contributed by atoms with Gasteiger partial charge in [-0.15, -0.1) is 0 Å². The number of esters is 1. The first kappa shape index (κ1) is 14.3. The topological polar surface area (TPSA) is 41.6 Å². The first-order valence-electron chi connectivity index (χ1n) is 7.45. The molecule has 0 radical (unpaired) electrons. The number of hydrogen-bond donors (Lipinski definition) is 1. The van der Waals surface area contributed by atoms with Crippen molar-refractivity contribution in [1.82, 2.24) is 4.90 Å². The predicted molar refractivity (Wildman–Crippen MR) is 79.0 cm³/mol. The van der Waals surface area contributed by atoms with Gasteiger partial charge in [0.2, 0.25) is 0 Å². The molecule has 2 atom stereocenters. The van der Waals surface area contributed by atoms with Crippen LogP contribution in [-0.4, -0.2) is 43.2 Å². The van der Waals surface area contributed by atoms with E-state index in [9.17, 15) is 9.18 Å². The maximum absolute atomic E-state index is 14.0. The molecule has 2 saturated heterocycles. The third-order valence-corrected chi connectivity index (χ3v) is 4.85. The van der Waals surface area contributed by atoms with Crippen LogP contribution in [0.3, 0.4) is 0 Å². The molecule has 2 bridgehead atoms. The molecule has 5 heteroatoms. The number of benzene rings is 1. The second-order valence-corrected chi connectivity index (χ2v) is 6.05. The molecule has 4 nitrogen and oxygen atoms in total. The zero-order chi connectivity index (χ0) is 15.0. The highest BCUT2D eigenvalue weighted by Crippen LogP contribution is 2.35. The number of nitrogens with zero attached hydrogens (tertiary/aromatic N) is 1. The van der Waals surface area contributed by atoms with Gasteiger partial charge in [-0.05, 0) is 50.9 Å². The van der Waals surface area contributed by atoms with Crippen molar-refractivity contribution < 1.29 is 13.9 Å². The number of ether oxygens (including phenoxy) is 1. The highest BCUT2D eigenvalue weighted by atomic mass is 19.1. The van der Waals surface area contributed by atoms with E-state index in [1.54, 1.807) is 6.07 Å². The van der Waals surface area contributed by atoms with Crippen LogP contribution >= 0.6 is 0 Å². The van der Waals surface area contributed by atoms with E-state index in [-0.39, 0.29) is 11.9 Å². The second-order valence-electron chi connectivity index (χ2n) is 6.05. The van der Waals surface area contributed by atoms with Crippen LogP contribution in [0.2, 0.25) is 0 Å². The number of methoxy groups -OCH3 is 1. The van der Waals surface area contributed by atoms with Crippen LogP contribution in [0.25, 0.3) is 0 Å². The molecule has 1 aromatic rings. The van der Waals surface area contributed by atoms with Crippen molar-refractivity contribution >= 4 is 11.7 Å². The van der Waals surface area contributed by atoms with Crippen LogP contribution in [-0.2, 0) is 4.74 Å². The number of rotatable bonds is 3. The van der Waals surface area contributed by atoms with Crippen LogP contribution in [0.5, 0.6) is 0 Å². The Kier molecular flexibility index (Phi) is 3.85. The van der Waals surface area contributed by atoms with Gasteiger partial charge in [-0.2, -0.15) is 0 Å². The van der Waals surface area contributed by atoms with Crippen molar-refractivity contribution in [1.29, 1.82) is 0 Å². The molecule has 114 valence electrons. The summed E-state index contributed by atoms with van der Waals surface area (Å²) in [5.41, 5.74) is 0.768. The van der Waals surface area contributed by atoms with Crippen molar-refractivity contribution in [3.63, 3.8) is 0 Å². The minimum atomic E-state index is -0.443. The lowest BCUT2D eigenvalue weighted by Gasteiger charge is -2.37. The zero-order valence-electron chi connectivity index (χ0n) is 12.4. The van der Waals surface area contributed by atoms with Gasteiger partial charge >= 0.3 is 5.97 Å². The monoisotopic (exact) mass is 292 g/mol. The van der Waals surface area contributed by atoms with Gasteiger partial charge in [-0.1, -0.05) is 0 Å². The van der Waals surface area contributed by atoms with E-state index in [4.69, 9.17) is 0 Å². The van der Waals surface area contributed by atoms with Gasteiger partial charge in [0, 0.05) is 18.1 Å². The molecule has 2 heterocycles. The maximum Gasteiger partial charge on any atom is 0.337 e. The molecule has 0 amide bonds. The minimum Gasteiger partial charge on any atom is -0.465 e. The average Bonchev–Trinajstić information content (AvgIpc) is 2.71. The summed E-state index contributed by atoms with van der Waals surface area (Å²) in [4.78, 5) is 14.0. The molecule has 3 rings (SSSR count). The summed E-state index contributed by atoms with van der Waals surface area (Å²) >= 11 is 0. The molecular weight excluding hydrogens is 271 g/mol. The quantitative estimate of drug-likeness (QED) is 0.870. The second kappa shape index (κ2) is 5.64. The maximum atomic E-state index is 14.0. The van der Waals surface area contributed by atoms with Crippen molar-refractivity contribution in [2.45, 2.75) is 43.8 Å². The van der Waals surface area contributed by atoms with Gasteiger partial charge in [-0.25, -0.2) is 9.18 Å². The molecule has 2 aliphatic rings. The van der Waals surface area contributed by atoms with Gasteiger partial charge in [0.25, 0.3) is 0 Å². The number of fused-ring (bicyclic) bond motifs is 2. The Labute approximate surface area is 124 Å². The van der Waals surface area contributed by atoms with E-state index in [1.807, 2.05) is 0 Å². The first-order valence-corrected chi connectivity index (χ1v) is 7.45. The average molecular weight is 292 g/mol. The van der Waals surface area contributed by atoms with E-state index in [1.165, 1.54) is 32.1 Å². The van der Waals surface area contributed by atoms with Gasteiger partial charge in [0.05, 0.1) is 18.4 Å². The fourth-order valence-electron chi connectivity index (χ4n) is 3.63. The highest BCUT2D eigenvalue weighted by Gasteiger charge is 2.38. The number of hydrogen-bond acceptors (Lipinski definition) is 4. The standard InChI is InChI=1S/C16H21FN2O2/c1-19-12-4-5-13(19)9-11(8-12)18-15-7-10(16(20)21-2)3-6-14(15)17/h3,6-7,11-13,18H,4-5,8-9H2,1-2H3. The summed E-state index contributed by atoms with van der Waals surface area (Å²) in [6.45, 7) is 0. The fourth-order valence-corrected chi connectivity index (χ4v) is 3.63.